The molecule has 2 rings (SSSR count). The lowest BCUT2D eigenvalue weighted by Gasteiger charge is -2.18. The van der Waals surface area contributed by atoms with E-state index in [9.17, 15) is 4.39 Å². The third-order valence-electron chi connectivity index (χ3n) is 2.76. The van der Waals surface area contributed by atoms with Crippen molar-refractivity contribution in [3.05, 3.63) is 29.0 Å². The van der Waals surface area contributed by atoms with Gasteiger partial charge < -0.3 is 15.4 Å². The minimum absolute atomic E-state index is 0.0120. The van der Waals surface area contributed by atoms with Gasteiger partial charge in [0, 0.05) is 13.1 Å². The number of nitrogens with zero attached hydrogens (tertiary/aromatic N) is 4. The van der Waals surface area contributed by atoms with Crippen molar-refractivity contribution in [2.75, 3.05) is 23.7 Å². The summed E-state index contributed by atoms with van der Waals surface area (Å²) in [6.45, 7) is 5.38. The van der Waals surface area contributed by atoms with Crippen LogP contribution in [0.1, 0.15) is 13.8 Å². The first-order chi connectivity index (χ1) is 10.0. The fourth-order valence-electron chi connectivity index (χ4n) is 1.71. The lowest BCUT2D eigenvalue weighted by molar-refractivity contribution is 0.439. The van der Waals surface area contributed by atoms with Crippen molar-refractivity contribution in [3.63, 3.8) is 0 Å². The number of nitrogen functional groups attached to an aromatic ring is 1. The summed E-state index contributed by atoms with van der Waals surface area (Å²) in [5.41, 5.74) is 5.66. The summed E-state index contributed by atoms with van der Waals surface area (Å²) in [4.78, 5) is 14.0. The maximum Gasteiger partial charge on any atom is 0.328 e. The van der Waals surface area contributed by atoms with Crippen LogP contribution in [-0.4, -0.2) is 28.0 Å². The molecule has 6 nitrogen and oxygen atoms in total. The zero-order chi connectivity index (χ0) is 15.4. The van der Waals surface area contributed by atoms with E-state index in [-0.39, 0.29) is 22.7 Å². The predicted molar refractivity (Wildman–Crippen MR) is 79.3 cm³/mol. The van der Waals surface area contributed by atoms with Gasteiger partial charge in [0.2, 0.25) is 11.9 Å². The summed E-state index contributed by atoms with van der Waals surface area (Å²) in [7, 11) is 0. The van der Waals surface area contributed by atoms with E-state index in [1.165, 1.54) is 12.1 Å². The second-order valence-electron chi connectivity index (χ2n) is 4.13. The van der Waals surface area contributed by atoms with Gasteiger partial charge >= 0.3 is 6.01 Å². The third kappa shape index (κ3) is 3.69. The summed E-state index contributed by atoms with van der Waals surface area (Å²) < 4.78 is 18.5. The van der Waals surface area contributed by atoms with Gasteiger partial charge in [-0.05, 0) is 32.0 Å². The van der Waals surface area contributed by atoms with Crippen LogP contribution in [0.4, 0.5) is 16.3 Å². The van der Waals surface area contributed by atoms with E-state index in [4.69, 9.17) is 22.1 Å². The molecule has 0 aliphatic heterocycles. The molecule has 0 radical (unpaired) electrons. The summed E-state index contributed by atoms with van der Waals surface area (Å²) in [5.74, 6) is 0.251. The van der Waals surface area contributed by atoms with Crippen molar-refractivity contribution in [1.29, 1.82) is 0 Å². The van der Waals surface area contributed by atoms with Crippen molar-refractivity contribution < 1.29 is 9.13 Å². The van der Waals surface area contributed by atoms with Gasteiger partial charge in [-0.3, -0.25) is 0 Å². The molecule has 1 heterocycles. The van der Waals surface area contributed by atoms with Gasteiger partial charge in [-0.15, -0.1) is 0 Å². The summed E-state index contributed by atoms with van der Waals surface area (Å²) in [5, 5.41) is 0.123. The fraction of sp³-hybridized carbons (Fsp3) is 0.308. The van der Waals surface area contributed by atoms with Gasteiger partial charge in [0.05, 0.1) is 5.02 Å². The Bertz CT molecular complexity index is 636. The largest absolute Gasteiger partial charge is 0.423 e. The molecular weight excluding hydrogens is 297 g/mol. The standard InChI is InChI=1S/C13H15ClFN5O/c1-3-20(4-2)12-17-11(16)18-13(19-12)21-10-6-5-8(15)7-9(10)14/h5-7H,3-4H2,1-2H3,(H2,16,17,18,19). The van der Waals surface area contributed by atoms with Gasteiger partial charge in [0.25, 0.3) is 0 Å². The van der Waals surface area contributed by atoms with Crippen LogP contribution in [0.3, 0.4) is 0 Å². The van der Waals surface area contributed by atoms with Crippen molar-refractivity contribution in [3.8, 4) is 11.8 Å². The molecule has 0 fully saturated rings. The van der Waals surface area contributed by atoms with Gasteiger partial charge in [0.1, 0.15) is 11.6 Å². The Morgan fingerprint density at radius 3 is 2.57 bits per heavy atom. The van der Waals surface area contributed by atoms with Crippen molar-refractivity contribution in [2.45, 2.75) is 13.8 Å². The third-order valence-corrected chi connectivity index (χ3v) is 3.06. The van der Waals surface area contributed by atoms with Gasteiger partial charge in [-0.1, -0.05) is 11.6 Å². The molecule has 21 heavy (non-hydrogen) atoms. The highest BCUT2D eigenvalue weighted by Gasteiger charge is 2.12. The van der Waals surface area contributed by atoms with Gasteiger partial charge in [-0.2, -0.15) is 15.0 Å². The smallest absolute Gasteiger partial charge is 0.328 e. The molecular formula is C13H15ClFN5O. The topological polar surface area (TPSA) is 77.2 Å². The Labute approximate surface area is 126 Å². The van der Waals surface area contributed by atoms with E-state index >= 15 is 0 Å². The molecule has 0 spiro atoms. The molecule has 0 amide bonds. The first-order valence-electron chi connectivity index (χ1n) is 6.42. The van der Waals surface area contributed by atoms with Crippen LogP contribution in [0.25, 0.3) is 0 Å². The quantitative estimate of drug-likeness (QED) is 0.915. The predicted octanol–water partition coefficient (Wildman–Crippen LogP) is 2.88. The van der Waals surface area contributed by atoms with E-state index < -0.39 is 5.82 Å². The van der Waals surface area contributed by atoms with Crippen LogP contribution in [0.2, 0.25) is 5.02 Å². The number of halogens is 2. The Hall–Kier alpha value is -2.15. The Balaban J connectivity index is 2.31. The number of rotatable bonds is 5. The summed E-state index contributed by atoms with van der Waals surface area (Å²) in [6.07, 6.45) is 0. The minimum Gasteiger partial charge on any atom is -0.423 e. The minimum atomic E-state index is -0.452. The summed E-state index contributed by atoms with van der Waals surface area (Å²) >= 11 is 5.90. The lowest BCUT2D eigenvalue weighted by atomic mass is 10.3. The van der Waals surface area contributed by atoms with E-state index in [0.29, 0.717) is 5.95 Å². The van der Waals surface area contributed by atoms with Crippen molar-refractivity contribution in [1.82, 2.24) is 15.0 Å². The second-order valence-corrected chi connectivity index (χ2v) is 4.53. The molecule has 0 saturated carbocycles. The highest BCUT2D eigenvalue weighted by molar-refractivity contribution is 6.32. The number of nitrogens with two attached hydrogens (primary N) is 1. The molecule has 0 aliphatic rings. The zero-order valence-corrected chi connectivity index (χ0v) is 12.4. The molecule has 1 aromatic carbocycles. The lowest BCUT2D eigenvalue weighted by Crippen LogP contribution is -2.25. The maximum absolute atomic E-state index is 13.0. The SMILES string of the molecule is CCN(CC)c1nc(N)nc(Oc2ccc(F)cc2Cl)n1. The first kappa shape index (κ1) is 15.2. The average Bonchev–Trinajstić information content (AvgIpc) is 2.43. The molecule has 0 atom stereocenters. The van der Waals surface area contributed by atoms with E-state index in [0.717, 1.165) is 19.2 Å². The average molecular weight is 312 g/mol. The molecule has 2 aromatic rings. The van der Waals surface area contributed by atoms with Gasteiger partial charge in [-0.25, -0.2) is 4.39 Å². The molecule has 2 N–H and O–H groups in total. The van der Waals surface area contributed by atoms with E-state index in [1.54, 1.807) is 0 Å². The number of ether oxygens (including phenoxy) is 1. The van der Waals surface area contributed by atoms with Crippen LogP contribution in [0.5, 0.6) is 11.8 Å². The Morgan fingerprint density at radius 2 is 1.95 bits per heavy atom. The summed E-state index contributed by atoms with van der Waals surface area (Å²) in [6, 6.07) is 3.79. The molecule has 0 bridgehead atoms. The van der Waals surface area contributed by atoms with Crippen LogP contribution in [0, 0.1) is 5.82 Å². The first-order valence-corrected chi connectivity index (χ1v) is 6.80. The molecule has 0 saturated heterocycles. The Kier molecular flexibility index (Phi) is 4.74. The highest BCUT2D eigenvalue weighted by Crippen LogP contribution is 2.28. The normalized spacial score (nSPS) is 10.5. The molecule has 112 valence electrons. The van der Waals surface area contributed by atoms with E-state index in [1.807, 2.05) is 18.7 Å². The number of anilines is 2. The Morgan fingerprint density at radius 1 is 1.24 bits per heavy atom. The number of hydrogen-bond acceptors (Lipinski definition) is 6. The number of aromatic nitrogens is 3. The van der Waals surface area contributed by atoms with Crippen LogP contribution in [-0.2, 0) is 0 Å². The molecule has 0 unspecified atom stereocenters. The van der Waals surface area contributed by atoms with Crippen molar-refractivity contribution >= 4 is 23.5 Å². The molecule has 8 heteroatoms. The van der Waals surface area contributed by atoms with Crippen molar-refractivity contribution in [2.24, 2.45) is 0 Å². The monoisotopic (exact) mass is 311 g/mol. The van der Waals surface area contributed by atoms with Crippen LogP contribution >= 0.6 is 11.6 Å². The van der Waals surface area contributed by atoms with Crippen LogP contribution < -0.4 is 15.4 Å². The maximum atomic E-state index is 13.0. The zero-order valence-electron chi connectivity index (χ0n) is 11.7. The molecule has 0 aliphatic carbocycles. The van der Waals surface area contributed by atoms with Gasteiger partial charge in [0.15, 0.2) is 0 Å². The second kappa shape index (κ2) is 6.53. The molecule has 1 aromatic heterocycles. The number of hydrogen-bond donors (Lipinski definition) is 1. The highest BCUT2D eigenvalue weighted by atomic mass is 35.5. The fourth-order valence-corrected chi connectivity index (χ4v) is 1.92. The van der Waals surface area contributed by atoms with Crippen LogP contribution in [0.15, 0.2) is 18.2 Å². The van der Waals surface area contributed by atoms with E-state index in [2.05, 4.69) is 15.0 Å². The number of benzene rings is 1.